The van der Waals surface area contributed by atoms with E-state index < -0.39 is 0 Å². The third-order valence-corrected chi connectivity index (χ3v) is 4.40. The van der Waals surface area contributed by atoms with Crippen molar-refractivity contribution < 1.29 is 14.3 Å². The Kier molecular flexibility index (Phi) is 5.02. The van der Waals surface area contributed by atoms with Crippen LogP contribution in [0.4, 0.5) is 4.79 Å². The van der Waals surface area contributed by atoms with Crippen LogP contribution < -0.4 is 14.8 Å². The van der Waals surface area contributed by atoms with E-state index in [0.29, 0.717) is 18.8 Å². The van der Waals surface area contributed by atoms with E-state index >= 15 is 0 Å². The lowest BCUT2D eigenvalue weighted by molar-refractivity contribution is 0.117. The van der Waals surface area contributed by atoms with Gasteiger partial charge in [-0.2, -0.15) is 0 Å². The first-order valence-corrected chi connectivity index (χ1v) is 8.36. The monoisotopic (exact) mass is 334 g/mol. The van der Waals surface area contributed by atoms with Crippen molar-refractivity contribution in [2.24, 2.45) is 5.41 Å². The number of ether oxygens (including phenoxy) is 2. The highest BCUT2D eigenvalue weighted by Crippen LogP contribution is 2.37. The quantitative estimate of drug-likeness (QED) is 0.919. The van der Waals surface area contributed by atoms with Crippen molar-refractivity contribution in [1.82, 2.24) is 10.2 Å². The normalized spacial score (nSPS) is 16.4. The smallest absolute Gasteiger partial charge is 0.318 e. The number of carbonyl (C=O) groups is 1. The van der Waals surface area contributed by atoms with Gasteiger partial charge in [-0.1, -0.05) is 20.8 Å². The van der Waals surface area contributed by atoms with E-state index in [-0.39, 0.29) is 17.0 Å². The highest BCUT2D eigenvalue weighted by Gasteiger charge is 2.37. The number of carbonyl (C=O) groups excluding carboxylic acids is 1. The van der Waals surface area contributed by atoms with Gasteiger partial charge in [-0.3, -0.25) is 0 Å². The molecule has 5 heteroatoms. The van der Waals surface area contributed by atoms with Crippen molar-refractivity contribution in [1.29, 1.82) is 0 Å². The predicted octanol–water partition coefficient (Wildman–Crippen LogP) is 3.60. The van der Waals surface area contributed by atoms with Crippen LogP contribution in [0.1, 0.15) is 45.7 Å². The number of hydrogen-bond acceptors (Lipinski definition) is 3. The van der Waals surface area contributed by atoms with E-state index in [9.17, 15) is 4.79 Å². The van der Waals surface area contributed by atoms with Gasteiger partial charge in [0.2, 0.25) is 0 Å². The zero-order chi connectivity index (χ0) is 18.1. The third kappa shape index (κ3) is 3.94. The zero-order valence-corrected chi connectivity index (χ0v) is 15.9. The molecule has 134 valence electrons. The molecule has 0 aliphatic carbocycles. The van der Waals surface area contributed by atoms with Crippen molar-refractivity contribution in [2.45, 2.75) is 53.1 Å². The summed E-state index contributed by atoms with van der Waals surface area (Å²) in [5, 5.41) is 3.06. The summed E-state index contributed by atoms with van der Waals surface area (Å²) in [5.74, 6) is 1.43. The first kappa shape index (κ1) is 18.4. The average molecular weight is 334 g/mol. The van der Waals surface area contributed by atoms with Gasteiger partial charge in [0.05, 0.1) is 14.2 Å². The van der Waals surface area contributed by atoms with Crippen molar-refractivity contribution in [3.8, 4) is 11.5 Å². The second-order valence-electron chi connectivity index (χ2n) is 8.27. The fraction of sp³-hybridized carbons (Fsp3) is 0.632. The summed E-state index contributed by atoms with van der Waals surface area (Å²) in [6.07, 6.45) is 0.783. The Balaban J connectivity index is 2.27. The number of amides is 2. The molecule has 2 amide bonds. The Labute approximate surface area is 145 Å². The summed E-state index contributed by atoms with van der Waals surface area (Å²) in [6.45, 7) is 11.8. The molecule has 2 rings (SSSR count). The molecule has 1 N–H and O–H groups in total. The van der Waals surface area contributed by atoms with Gasteiger partial charge in [-0.25, -0.2) is 4.79 Å². The number of rotatable bonds is 3. The van der Waals surface area contributed by atoms with Gasteiger partial charge in [0.25, 0.3) is 0 Å². The molecule has 0 fully saturated rings. The van der Waals surface area contributed by atoms with Crippen LogP contribution in [0.25, 0.3) is 0 Å². The molecular weight excluding hydrogens is 304 g/mol. The summed E-state index contributed by atoms with van der Waals surface area (Å²) in [4.78, 5) is 14.6. The molecule has 0 saturated carbocycles. The van der Waals surface area contributed by atoms with Crippen LogP contribution in [-0.4, -0.2) is 37.2 Å². The van der Waals surface area contributed by atoms with Crippen molar-refractivity contribution in [3.63, 3.8) is 0 Å². The maximum absolute atomic E-state index is 12.7. The van der Waals surface area contributed by atoms with Gasteiger partial charge in [0.1, 0.15) is 0 Å². The van der Waals surface area contributed by atoms with Crippen molar-refractivity contribution in [3.05, 3.63) is 23.3 Å². The first-order chi connectivity index (χ1) is 11.1. The number of methoxy groups -OCH3 is 2. The minimum Gasteiger partial charge on any atom is -0.493 e. The van der Waals surface area contributed by atoms with Crippen LogP contribution in [0.3, 0.4) is 0 Å². The number of urea groups is 1. The summed E-state index contributed by atoms with van der Waals surface area (Å²) < 4.78 is 10.8. The summed E-state index contributed by atoms with van der Waals surface area (Å²) >= 11 is 0. The largest absolute Gasteiger partial charge is 0.493 e. The molecule has 0 atom stereocenters. The molecule has 0 unspecified atom stereocenters. The maximum Gasteiger partial charge on any atom is 0.318 e. The standard InChI is InChI=1S/C19H30N2O3/c1-18(2,3)12-20-17(22)21-11-14-9-16(24-7)15(23-6)8-13(14)10-19(21,4)5/h8-9H,10-12H2,1-7H3,(H,20,22). The number of fused-ring (bicyclic) bond motifs is 1. The molecule has 0 radical (unpaired) electrons. The Bertz CT molecular complexity index is 618. The van der Waals surface area contributed by atoms with Crippen LogP contribution in [-0.2, 0) is 13.0 Å². The maximum atomic E-state index is 12.7. The molecule has 1 aliphatic rings. The SMILES string of the molecule is COc1cc2c(cc1OC)CC(C)(C)N(C(=O)NCC(C)(C)C)C2. The molecule has 0 aromatic heterocycles. The van der Waals surface area contributed by atoms with Gasteiger partial charge < -0.3 is 19.7 Å². The Hall–Kier alpha value is -1.91. The number of hydrogen-bond donors (Lipinski definition) is 1. The molecule has 1 aromatic carbocycles. The summed E-state index contributed by atoms with van der Waals surface area (Å²) in [5.41, 5.74) is 2.12. The molecule has 1 aliphatic heterocycles. The van der Waals surface area contributed by atoms with Gasteiger partial charge in [-0.15, -0.1) is 0 Å². The first-order valence-electron chi connectivity index (χ1n) is 8.36. The van der Waals surface area contributed by atoms with Crippen molar-refractivity contribution >= 4 is 6.03 Å². The Morgan fingerprint density at radius 1 is 1.17 bits per heavy atom. The lowest BCUT2D eigenvalue weighted by atomic mass is 9.85. The van der Waals surface area contributed by atoms with Crippen LogP contribution >= 0.6 is 0 Å². The average Bonchev–Trinajstić information content (AvgIpc) is 2.49. The van der Waals surface area contributed by atoms with E-state index in [2.05, 4.69) is 39.9 Å². The second-order valence-corrected chi connectivity index (χ2v) is 8.27. The van der Waals surface area contributed by atoms with Gasteiger partial charge >= 0.3 is 6.03 Å². The highest BCUT2D eigenvalue weighted by atomic mass is 16.5. The summed E-state index contributed by atoms with van der Waals surface area (Å²) in [7, 11) is 3.27. The van der Waals surface area contributed by atoms with Crippen molar-refractivity contribution in [2.75, 3.05) is 20.8 Å². The van der Waals surface area contributed by atoms with E-state index in [1.165, 1.54) is 5.56 Å². The lowest BCUT2D eigenvalue weighted by Crippen LogP contribution is -2.55. The zero-order valence-electron chi connectivity index (χ0n) is 15.9. The fourth-order valence-corrected chi connectivity index (χ4v) is 3.00. The van der Waals surface area contributed by atoms with E-state index in [1.807, 2.05) is 17.0 Å². The lowest BCUT2D eigenvalue weighted by Gasteiger charge is -2.43. The van der Waals surface area contributed by atoms with E-state index in [0.717, 1.165) is 17.7 Å². The second kappa shape index (κ2) is 6.54. The number of nitrogens with zero attached hydrogens (tertiary/aromatic N) is 1. The molecule has 0 saturated heterocycles. The van der Waals surface area contributed by atoms with Crippen LogP contribution in [0.5, 0.6) is 11.5 Å². The van der Waals surface area contributed by atoms with E-state index in [4.69, 9.17) is 9.47 Å². The van der Waals surface area contributed by atoms with Crippen LogP contribution in [0.2, 0.25) is 0 Å². The molecule has 5 nitrogen and oxygen atoms in total. The third-order valence-electron chi connectivity index (χ3n) is 4.40. The minimum atomic E-state index is -0.255. The number of benzene rings is 1. The Morgan fingerprint density at radius 3 is 2.21 bits per heavy atom. The molecular formula is C19H30N2O3. The minimum absolute atomic E-state index is 0.0182. The van der Waals surface area contributed by atoms with Crippen LogP contribution in [0, 0.1) is 5.41 Å². The number of nitrogens with one attached hydrogen (secondary N) is 1. The Morgan fingerprint density at radius 2 is 1.71 bits per heavy atom. The molecule has 24 heavy (non-hydrogen) atoms. The molecule has 0 bridgehead atoms. The molecule has 1 heterocycles. The van der Waals surface area contributed by atoms with Crippen LogP contribution in [0.15, 0.2) is 12.1 Å². The topological polar surface area (TPSA) is 50.8 Å². The van der Waals surface area contributed by atoms with E-state index in [1.54, 1.807) is 14.2 Å². The summed E-state index contributed by atoms with van der Waals surface area (Å²) in [6, 6.07) is 3.99. The predicted molar refractivity (Wildman–Crippen MR) is 95.7 cm³/mol. The highest BCUT2D eigenvalue weighted by molar-refractivity contribution is 5.75. The van der Waals surface area contributed by atoms with Gasteiger partial charge in [0.15, 0.2) is 11.5 Å². The van der Waals surface area contributed by atoms with Gasteiger partial charge in [0, 0.05) is 18.6 Å². The molecule has 1 aromatic rings. The molecule has 0 spiro atoms. The van der Waals surface area contributed by atoms with Gasteiger partial charge in [-0.05, 0) is 48.9 Å². The fourth-order valence-electron chi connectivity index (χ4n) is 3.00.